The highest BCUT2D eigenvalue weighted by Gasteiger charge is 2.32. The van der Waals surface area contributed by atoms with E-state index in [1.807, 2.05) is 6.07 Å². The lowest BCUT2D eigenvalue weighted by Crippen LogP contribution is -2.44. The molecular weight excluding hydrogens is 436 g/mol. The maximum atomic E-state index is 13.3. The molecule has 0 spiro atoms. The quantitative estimate of drug-likeness (QED) is 0.348. The van der Waals surface area contributed by atoms with E-state index in [-0.39, 0.29) is 29.8 Å². The zero-order chi connectivity index (χ0) is 24.1. The van der Waals surface area contributed by atoms with Gasteiger partial charge in [-0.15, -0.1) is 0 Å². The van der Waals surface area contributed by atoms with Crippen LogP contribution in [-0.2, 0) is 4.79 Å². The number of pyridine rings is 1. The minimum Gasteiger partial charge on any atom is -0.394 e. The number of aliphatic hydroxyl groups excluding tert-OH is 1. The van der Waals surface area contributed by atoms with Crippen LogP contribution in [0.1, 0.15) is 47.8 Å². The molecule has 2 aromatic rings. The predicted molar refractivity (Wildman–Crippen MR) is 126 cm³/mol. The van der Waals surface area contributed by atoms with E-state index in [1.165, 1.54) is 17.4 Å². The van der Waals surface area contributed by atoms with Gasteiger partial charge in [0.1, 0.15) is 12.0 Å². The van der Waals surface area contributed by atoms with Gasteiger partial charge >= 0.3 is 0 Å². The minimum absolute atomic E-state index is 0.0220. The molecule has 1 saturated heterocycles. The predicted octanol–water partition coefficient (Wildman–Crippen LogP) is 1.29. The molecule has 1 aliphatic carbocycles. The SMILES string of the molecule is CN/C=C(/NC(=O)c1nc(C2CC2)ccc1Nc1cncnc1)C(=N)C(=O)N1CCCC1CO. The molecule has 2 fully saturated rings. The summed E-state index contributed by atoms with van der Waals surface area (Å²) in [6, 6.07) is 3.36. The van der Waals surface area contributed by atoms with Crippen molar-refractivity contribution < 1.29 is 14.7 Å². The Labute approximate surface area is 197 Å². The maximum absolute atomic E-state index is 13.3. The largest absolute Gasteiger partial charge is 0.394 e. The molecule has 0 radical (unpaired) electrons. The van der Waals surface area contributed by atoms with Crippen LogP contribution in [0.15, 0.2) is 42.8 Å². The number of likely N-dealkylation sites (tertiary alicyclic amines) is 1. The molecule has 0 bridgehead atoms. The number of aliphatic hydroxyl groups is 1. The monoisotopic (exact) mass is 464 g/mol. The normalized spacial score (nSPS) is 17.9. The lowest BCUT2D eigenvalue weighted by molar-refractivity contribution is -0.125. The molecule has 5 N–H and O–H groups in total. The Morgan fingerprint density at radius 3 is 2.68 bits per heavy atom. The number of nitrogens with zero attached hydrogens (tertiary/aromatic N) is 4. The molecule has 11 heteroatoms. The highest BCUT2D eigenvalue weighted by molar-refractivity contribution is 6.44. The first-order valence-electron chi connectivity index (χ1n) is 11.2. The number of anilines is 2. The Balaban J connectivity index is 1.57. The van der Waals surface area contributed by atoms with E-state index >= 15 is 0 Å². The van der Waals surface area contributed by atoms with Gasteiger partial charge in [0.15, 0.2) is 5.69 Å². The van der Waals surface area contributed by atoms with Crippen molar-refractivity contribution in [1.82, 2.24) is 30.5 Å². The molecular formula is C23H28N8O3. The lowest BCUT2D eigenvalue weighted by atomic mass is 10.1. The van der Waals surface area contributed by atoms with Crippen LogP contribution in [0.2, 0.25) is 0 Å². The van der Waals surface area contributed by atoms with Gasteiger partial charge in [0.2, 0.25) is 0 Å². The summed E-state index contributed by atoms with van der Waals surface area (Å²) in [5, 5.41) is 26.6. The first-order chi connectivity index (χ1) is 16.5. The second-order valence-corrected chi connectivity index (χ2v) is 8.31. The van der Waals surface area contributed by atoms with Crippen LogP contribution in [0, 0.1) is 5.41 Å². The van der Waals surface area contributed by atoms with Gasteiger partial charge in [-0.3, -0.25) is 15.0 Å². The average molecular weight is 465 g/mol. The van der Waals surface area contributed by atoms with E-state index in [4.69, 9.17) is 5.41 Å². The Morgan fingerprint density at radius 1 is 1.24 bits per heavy atom. The molecule has 0 aromatic carbocycles. The second kappa shape index (κ2) is 10.4. The van der Waals surface area contributed by atoms with Crippen molar-refractivity contribution >= 4 is 28.9 Å². The van der Waals surface area contributed by atoms with Crippen molar-refractivity contribution in [3.63, 3.8) is 0 Å². The highest BCUT2D eigenvalue weighted by Crippen LogP contribution is 2.39. The summed E-state index contributed by atoms with van der Waals surface area (Å²) in [6.07, 6.45) is 9.46. The molecule has 178 valence electrons. The number of rotatable bonds is 9. The number of carbonyl (C=O) groups is 2. The molecule has 2 amide bonds. The van der Waals surface area contributed by atoms with E-state index in [0.29, 0.717) is 30.3 Å². The molecule has 1 unspecified atom stereocenters. The van der Waals surface area contributed by atoms with Gasteiger partial charge in [-0.25, -0.2) is 15.0 Å². The number of carbonyl (C=O) groups excluding carboxylic acids is 2. The van der Waals surface area contributed by atoms with Crippen LogP contribution in [-0.4, -0.2) is 68.7 Å². The molecule has 3 heterocycles. The van der Waals surface area contributed by atoms with Crippen LogP contribution in [0.25, 0.3) is 0 Å². The van der Waals surface area contributed by atoms with Crippen LogP contribution in [0.4, 0.5) is 11.4 Å². The molecule has 1 aliphatic heterocycles. The summed E-state index contributed by atoms with van der Waals surface area (Å²) in [5.74, 6) is -0.766. The molecule has 2 aliphatic rings. The topological polar surface area (TPSA) is 156 Å². The zero-order valence-corrected chi connectivity index (χ0v) is 18.9. The highest BCUT2D eigenvalue weighted by atomic mass is 16.3. The fourth-order valence-corrected chi connectivity index (χ4v) is 3.92. The van der Waals surface area contributed by atoms with Crippen molar-refractivity contribution in [2.75, 3.05) is 25.5 Å². The summed E-state index contributed by atoms with van der Waals surface area (Å²) in [6.45, 7) is 0.304. The van der Waals surface area contributed by atoms with Gasteiger partial charge in [-0.2, -0.15) is 0 Å². The van der Waals surface area contributed by atoms with Crippen LogP contribution >= 0.6 is 0 Å². The van der Waals surface area contributed by atoms with Crippen LogP contribution in [0.5, 0.6) is 0 Å². The summed E-state index contributed by atoms with van der Waals surface area (Å²) in [4.78, 5) is 40.3. The maximum Gasteiger partial charge on any atom is 0.276 e. The van der Waals surface area contributed by atoms with Crippen molar-refractivity contribution in [3.05, 3.63) is 54.1 Å². The Kier molecular flexibility index (Phi) is 7.12. The standard InChI is InChI=1S/C23H28N8O3/c1-25-11-19(20(24)23(34)31-8-2-3-16(31)12-32)30-22(33)21-18(28-15-9-26-13-27-10-15)7-6-17(29-21)14-4-5-14/h6-7,9-11,13-14,16,24-25,28,32H,2-5,8,12H2,1H3,(H,30,33)/b19-11+,24-20?. The summed E-state index contributed by atoms with van der Waals surface area (Å²) in [5.41, 5.74) is 1.67. The number of hydrogen-bond acceptors (Lipinski definition) is 9. The van der Waals surface area contributed by atoms with Crippen LogP contribution in [0.3, 0.4) is 0 Å². The molecule has 1 saturated carbocycles. The molecule has 1 atom stereocenters. The number of hydrogen-bond donors (Lipinski definition) is 5. The van der Waals surface area contributed by atoms with Crippen molar-refractivity contribution in [2.24, 2.45) is 0 Å². The summed E-state index contributed by atoms with van der Waals surface area (Å²) in [7, 11) is 1.62. The third kappa shape index (κ3) is 5.20. The minimum atomic E-state index is -0.555. The number of nitrogens with one attached hydrogen (secondary N) is 4. The Morgan fingerprint density at radius 2 is 2.00 bits per heavy atom. The van der Waals surface area contributed by atoms with Gasteiger partial charge in [0, 0.05) is 31.4 Å². The second-order valence-electron chi connectivity index (χ2n) is 8.31. The first-order valence-corrected chi connectivity index (χ1v) is 11.2. The third-order valence-electron chi connectivity index (χ3n) is 5.84. The number of aromatic nitrogens is 3. The van der Waals surface area contributed by atoms with Gasteiger partial charge in [0.05, 0.1) is 42.1 Å². The van der Waals surface area contributed by atoms with E-state index in [1.54, 1.807) is 25.5 Å². The van der Waals surface area contributed by atoms with E-state index < -0.39 is 11.8 Å². The summed E-state index contributed by atoms with van der Waals surface area (Å²) >= 11 is 0. The molecule has 4 rings (SSSR count). The first kappa shape index (κ1) is 23.3. The van der Waals surface area contributed by atoms with E-state index in [0.717, 1.165) is 25.0 Å². The zero-order valence-electron chi connectivity index (χ0n) is 18.9. The molecule has 34 heavy (non-hydrogen) atoms. The Hall–Kier alpha value is -3.86. The van der Waals surface area contributed by atoms with Gasteiger partial charge < -0.3 is 26.0 Å². The third-order valence-corrected chi connectivity index (χ3v) is 5.84. The lowest BCUT2D eigenvalue weighted by Gasteiger charge is -2.24. The van der Waals surface area contributed by atoms with E-state index in [2.05, 4.69) is 30.9 Å². The van der Waals surface area contributed by atoms with Crippen molar-refractivity contribution in [2.45, 2.75) is 37.6 Å². The van der Waals surface area contributed by atoms with Gasteiger partial charge in [-0.1, -0.05) is 0 Å². The summed E-state index contributed by atoms with van der Waals surface area (Å²) < 4.78 is 0. The van der Waals surface area contributed by atoms with E-state index in [9.17, 15) is 14.7 Å². The molecule has 11 nitrogen and oxygen atoms in total. The fraction of sp³-hybridized carbons (Fsp3) is 0.391. The average Bonchev–Trinajstić information content (AvgIpc) is 3.60. The smallest absolute Gasteiger partial charge is 0.276 e. The fourth-order valence-electron chi connectivity index (χ4n) is 3.92. The van der Waals surface area contributed by atoms with Crippen LogP contribution < -0.4 is 16.0 Å². The van der Waals surface area contributed by atoms with Gasteiger partial charge in [0.25, 0.3) is 11.8 Å². The van der Waals surface area contributed by atoms with Gasteiger partial charge in [-0.05, 0) is 37.8 Å². The van der Waals surface area contributed by atoms with Crippen molar-refractivity contribution in [1.29, 1.82) is 5.41 Å². The van der Waals surface area contributed by atoms with Crippen molar-refractivity contribution in [3.8, 4) is 0 Å². The molecule has 2 aromatic heterocycles. The Bertz CT molecular complexity index is 1100. The number of amides is 2.